The monoisotopic (exact) mass is 292 g/mol. The summed E-state index contributed by atoms with van der Waals surface area (Å²) in [6.45, 7) is 2.51. The van der Waals surface area contributed by atoms with E-state index >= 15 is 0 Å². The molecule has 0 aliphatic heterocycles. The van der Waals surface area contributed by atoms with E-state index in [-0.39, 0.29) is 0 Å². The van der Waals surface area contributed by atoms with Gasteiger partial charge in [0, 0.05) is 12.8 Å². The fourth-order valence-electron chi connectivity index (χ4n) is 1.79. The van der Waals surface area contributed by atoms with Crippen LogP contribution < -0.4 is 10.2 Å². The summed E-state index contributed by atoms with van der Waals surface area (Å²) in [4.78, 5) is 0. The second-order valence-electron chi connectivity index (χ2n) is 4.39. The van der Waals surface area contributed by atoms with Crippen molar-refractivity contribution in [1.82, 2.24) is 9.78 Å². The van der Waals surface area contributed by atoms with Crippen LogP contribution in [0.2, 0.25) is 0 Å². The SMILES string of the molecule is Cc1cc(SCCOc2cccc(B(O)O)c2)n(C)n1. The second kappa shape index (κ2) is 6.83. The minimum atomic E-state index is -1.47. The Kier molecular flexibility index (Phi) is 5.11. The molecule has 0 fully saturated rings. The minimum absolute atomic E-state index is 0.428. The quantitative estimate of drug-likeness (QED) is 0.463. The van der Waals surface area contributed by atoms with Gasteiger partial charge >= 0.3 is 7.12 Å². The van der Waals surface area contributed by atoms with Crippen LogP contribution in [0.4, 0.5) is 0 Å². The van der Waals surface area contributed by atoms with E-state index in [9.17, 15) is 0 Å². The highest BCUT2D eigenvalue weighted by atomic mass is 32.2. The minimum Gasteiger partial charge on any atom is -0.493 e. The lowest BCUT2D eigenvalue weighted by molar-refractivity contribution is 0.343. The fraction of sp³-hybridized carbons (Fsp3) is 0.308. The highest BCUT2D eigenvalue weighted by Gasteiger charge is 2.11. The van der Waals surface area contributed by atoms with Gasteiger partial charge in [-0.2, -0.15) is 5.10 Å². The maximum absolute atomic E-state index is 9.09. The molecule has 0 saturated carbocycles. The van der Waals surface area contributed by atoms with Crippen LogP contribution in [0.25, 0.3) is 0 Å². The highest BCUT2D eigenvalue weighted by Crippen LogP contribution is 2.18. The first-order chi connectivity index (χ1) is 9.56. The molecule has 0 saturated heterocycles. The molecule has 2 rings (SSSR count). The van der Waals surface area contributed by atoms with Crippen molar-refractivity contribution in [3.63, 3.8) is 0 Å². The van der Waals surface area contributed by atoms with Gasteiger partial charge in [0.2, 0.25) is 0 Å². The molecule has 0 radical (unpaired) electrons. The number of ether oxygens (including phenoxy) is 1. The molecule has 1 aromatic heterocycles. The fourth-order valence-corrected chi connectivity index (χ4v) is 2.65. The predicted octanol–water partition coefficient (Wildman–Crippen LogP) is 0.579. The van der Waals surface area contributed by atoms with E-state index in [2.05, 4.69) is 5.10 Å². The van der Waals surface area contributed by atoms with Crippen molar-refractivity contribution in [3.05, 3.63) is 36.0 Å². The van der Waals surface area contributed by atoms with Gasteiger partial charge in [0.05, 0.1) is 17.3 Å². The van der Waals surface area contributed by atoms with Crippen molar-refractivity contribution in [2.45, 2.75) is 11.9 Å². The lowest BCUT2D eigenvalue weighted by atomic mass is 9.80. The summed E-state index contributed by atoms with van der Waals surface area (Å²) in [5, 5.41) is 23.6. The Morgan fingerprint density at radius 3 is 2.80 bits per heavy atom. The maximum Gasteiger partial charge on any atom is 0.488 e. The summed E-state index contributed by atoms with van der Waals surface area (Å²) in [5.41, 5.74) is 1.43. The van der Waals surface area contributed by atoms with Gasteiger partial charge in [-0.1, -0.05) is 12.1 Å². The van der Waals surface area contributed by atoms with Gasteiger partial charge in [0.15, 0.2) is 0 Å². The zero-order valence-corrected chi connectivity index (χ0v) is 12.3. The Balaban J connectivity index is 1.81. The highest BCUT2D eigenvalue weighted by molar-refractivity contribution is 7.99. The topological polar surface area (TPSA) is 67.5 Å². The van der Waals surface area contributed by atoms with Gasteiger partial charge in [-0.3, -0.25) is 4.68 Å². The Hall–Kier alpha value is -1.44. The lowest BCUT2D eigenvalue weighted by Gasteiger charge is -2.07. The van der Waals surface area contributed by atoms with Crippen molar-refractivity contribution in [2.75, 3.05) is 12.4 Å². The molecule has 0 amide bonds. The zero-order chi connectivity index (χ0) is 14.5. The summed E-state index contributed by atoms with van der Waals surface area (Å²) in [6, 6.07) is 8.84. The van der Waals surface area contributed by atoms with Crippen LogP contribution in [-0.2, 0) is 7.05 Å². The summed E-state index contributed by atoms with van der Waals surface area (Å²) in [7, 11) is 0.452. The first-order valence-electron chi connectivity index (χ1n) is 6.28. The van der Waals surface area contributed by atoms with E-state index in [4.69, 9.17) is 14.8 Å². The third kappa shape index (κ3) is 4.03. The summed E-state index contributed by atoms with van der Waals surface area (Å²) in [6.07, 6.45) is 0. The van der Waals surface area contributed by atoms with Crippen molar-refractivity contribution in [2.24, 2.45) is 7.05 Å². The number of benzene rings is 1. The van der Waals surface area contributed by atoms with Crippen LogP contribution in [0.3, 0.4) is 0 Å². The average Bonchev–Trinajstić information content (AvgIpc) is 2.73. The molecule has 7 heteroatoms. The molecule has 5 nitrogen and oxygen atoms in total. The molecule has 2 aromatic rings. The Labute approximate surface area is 122 Å². The van der Waals surface area contributed by atoms with Gasteiger partial charge in [-0.25, -0.2) is 0 Å². The number of aryl methyl sites for hydroxylation is 2. The standard InChI is InChI=1S/C13H17BN2O3S/c1-10-8-13(16(2)15-10)20-7-6-19-12-5-3-4-11(9-12)14(17)18/h3-5,8-9,17-18H,6-7H2,1-2H3. The Bertz CT molecular complexity index is 574. The summed E-state index contributed by atoms with van der Waals surface area (Å²) >= 11 is 1.67. The number of hydrogen-bond donors (Lipinski definition) is 2. The Morgan fingerprint density at radius 2 is 2.15 bits per heavy atom. The number of hydrogen-bond acceptors (Lipinski definition) is 5. The lowest BCUT2D eigenvalue weighted by Crippen LogP contribution is -2.29. The molecule has 0 spiro atoms. The molecule has 0 unspecified atom stereocenters. The number of rotatable bonds is 6. The number of aromatic nitrogens is 2. The van der Waals surface area contributed by atoms with E-state index in [1.54, 1.807) is 36.0 Å². The van der Waals surface area contributed by atoms with Gasteiger partial charge in [0.25, 0.3) is 0 Å². The van der Waals surface area contributed by atoms with Crippen molar-refractivity contribution in [3.8, 4) is 5.75 Å². The van der Waals surface area contributed by atoms with Crippen molar-refractivity contribution >= 4 is 24.3 Å². The van der Waals surface area contributed by atoms with Crippen molar-refractivity contribution in [1.29, 1.82) is 0 Å². The molecule has 1 heterocycles. The molecule has 2 N–H and O–H groups in total. The molecule has 0 aliphatic rings. The predicted molar refractivity (Wildman–Crippen MR) is 80.4 cm³/mol. The molecule has 0 bridgehead atoms. The van der Waals surface area contributed by atoms with E-state index in [1.807, 2.05) is 24.7 Å². The summed E-state index contributed by atoms with van der Waals surface area (Å²) in [5.74, 6) is 1.43. The molecular formula is C13H17BN2O3S. The molecular weight excluding hydrogens is 275 g/mol. The molecule has 1 aromatic carbocycles. The van der Waals surface area contributed by atoms with Crippen LogP contribution in [0.15, 0.2) is 35.4 Å². The van der Waals surface area contributed by atoms with E-state index in [0.29, 0.717) is 17.8 Å². The molecule has 0 atom stereocenters. The van der Waals surface area contributed by atoms with Crippen LogP contribution in [-0.4, -0.2) is 39.3 Å². The largest absolute Gasteiger partial charge is 0.493 e. The van der Waals surface area contributed by atoms with Crippen molar-refractivity contribution < 1.29 is 14.8 Å². The second-order valence-corrected chi connectivity index (χ2v) is 5.51. The first-order valence-corrected chi connectivity index (χ1v) is 7.27. The van der Waals surface area contributed by atoms with Gasteiger partial charge in [0.1, 0.15) is 5.75 Å². The molecule has 20 heavy (non-hydrogen) atoms. The normalized spacial score (nSPS) is 10.6. The van der Waals surface area contributed by atoms with Crippen LogP contribution in [0, 0.1) is 6.92 Å². The maximum atomic E-state index is 9.09. The van der Waals surface area contributed by atoms with E-state index in [0.717, 1.165) is 16.5 Å². The molecule has 0 aliphatic carbocycles. The van der Waals surface area contributed by atoms with Gasteiger partial charge in [-0.05, 0) is 30.6 Å². The van der Waals surface area contributed by atoms with Crippen LogP contribution in [0.5, 0.6) is 5.75 Å². The van der Waals surface area contributed by atoms with E-state index in [1.165, 1.54) is 0 Å². The van der Waals surface area contributed by atoms with E-state index < -0.39 is 7.12 Å². The number of thioether (sulfide) groups is 1. The van der Waals surface area contributed by atoms with Gasteiger partial charge in [-0.15, -0.1) is 11.8 Å². The number of nitrogens with zero attached hydrogens (tertiary/aromatic N) is 2. The zero-order valence-electron chi connectivity index (χ0n) is 11.5. The van der Waals surface area contributed by atoms with Gasteiger partial charge < -0.3 is 14.8 Å². The van der Waals surface area contributed by atoms with Crippen LogP contribution in [0.1, 0.15) is 5.69 Å². The molecule has 106 valence electrons. The Morgan fingerprint density at radius 1 is 1.35 bits per heavy atom. The average molecular weight is 292 g/mol. The van der Waals surface area contributed by atoms with Crippen LogP contribution >= 0.6 is 11.8 Å². The first kappa shape index (κ1) is 15.0. The summed E-state index contributed by atoms with van der Waals surface area (Å²) < 4.78 is 7.44. The third-order valence-electron chi connectivity index (χ3n) is 2.72. The smallest absolute Gasteiger partial charge is 0.488 e. The third-order valence-corrected chi connectivity index (χ3v) is 3.77.